The average Bonchev–Trinajstić information content (AvgIpc) is 2.92. The molecule has 1 unspecified atom stereocenters. The molecule has 2 amide bonds. The summed E-state index contributed by atoms with van der Waals surface area (Å²) >= 11 is 4.54. The highest BCUT2D eigenvalue weighted by Gasteiger charge is 2.74. The van der Waals surface area contributed by atoms with Gasteiger partial charge in [0.2, 0.25) is 5.54 Å². The summed E-state index contributed by atoms with van der Waals surface area (Å²) in [5.74, 6) is -2.51. The van der Waals surface area contributed by atoms with Crippen molar-refractivity contribution in [2.45, 2.75) is 61.9 Å². The minimum absolute atomic E-state index is 0.311. The SMILES string of the molecule is CCC(Oc1cccc(Br)c1)C(=O)N[C@@]1(C(C)=O)C(=O)N2[C@@H](C(=O)O)C(C)(C)S[C@@H]21. The predicted octanol–water partition coefficient (Wildman–Crippen LogP) is 2.20. The fraction of sp³-hybridized carbons (Fsp3) is 0.500. The monoisotopic (exact) mass is 498 g/mol. The zero-order chi connectivity index (χ0) is 22.4. The lowest BCUT2D eigenvalue weighted by atomic mass is 9.81. The second-order valence-corrected chi connectivity index (χ2v) is 10.5. The molecule has 1 aromatic carbocycles. The van der Waals surface area contributed by atoms with E-state index in [9.17, 15) is 24.3 Å². The van der Waals surface area contributed by atoms with Crippen LogP contribution >= 0.6 is 27.7 Å². The van der Waals surface area contributed by atoms with Crippen molar-refractivity contribution in [2.75, 3.05) is 0 Å². The Labute approximate surface area is 186 Å². The molecule has 4 atom stereocenters. The van der Waals surface area contributed by atoms with Gasteiger partial charge in [0.15, 0.2) is 11.9 Å². The summed E-state index contributed by atoms with van der Waals surface area (Å²) in [4.78, 5) is 51.5. The fourth-order valence-corrected chi connectivity index (χ4v) is 6.02. The lowest BCUT2D eigenvalue weighted by molar-refractivity contribution is -0.172. The van der Waals surface area contributed by atoms with Gasteiger partial charge in [-0.05, 0) is 45.4 Å². The highest BCUT2D eigenvalue weighted by molar-refractivity contribution is 9.10. The molecule has 0 bridgehead atoms. The fourth-order valence-electron chi connectivity index (χ4n) is 3.89. The summed E-state index contributed by atoms with van der Waals surface area (Å²) in [5.41, 5.74) is -1.79. The molecule has 0 aromatic heterocycles. The summed E-state index contributed by atoms with van der Waals surface area (Å²) in [6, 6.07) is 5.91. The second-order valence-electron chi connectivity index (χ2n) is 7.85. The number of halogens is 1. The zero-order valence-corrected chi connectivity index (χ0v) is 19.4. The molecule has 0 saturated carbocycles. The van der Waals surface area contributed by atoms with Gasteiger partial charge in [0.25, 0.3) is 11.8 Å². The molecule has 2 fully saturated rings. The molecule has 2 N–H and O–H groups in total. The number of ether oxygens (including phenoxy) is 1. The molecule has 2 aliphatic heterocycles. The first kappa shape index (κ1) is 22.6. The van der Waals surface area contributed by atoms with Crippen LogP contribution in [0.15, 0.2) is 28.7 Å². The Balaban J connectivity index is 1.85. The van der Waals surface area contributed by atoms with Crippen LogP contribution in [0.25, 0.3) is 0 Å². The van der Waals surface area contributed by atoms with Gasteiger partial charge in [0, 0.05) is 9.22 Å². The molecule has 1 aromatic rings. The predicted molar refractivity (Wildman–Crippen MR) is 114 cm³/mol. The summed E-state index contributed by atoms with van der Waals surface area (Å²) in [5, 5.41) is 11.4. The number of β-lactam (4-membered cyclic amide) rings is 1. The molecule has 0 aliphatic carbocycles. The number of rotatable bonds is 7. The maximum absolute atomic E-state index is 13.0. The molecular weight excluding hydrogens is 476 g/mol. The Hall–Kier alpha value is -2.07. The number of nitrogens with one attached hydrogen (secondary N) is 1. The standard InChI is InChI=1S/C20H23BrN2O6S/c1-5-13(29-12-8-6-7-11(21)9-12)15(25)22-20(10(2)24)17(28)23-14(16(26)27)19(3,4)30-18(20)23/h6-9,13-14,18H,5H2,1-4H3,(H,22,25)(H,26,27)/t13?,14-,18+,20-/m0/s1. The largest absolute Gasteiger partial charge is 0.481 e. The number of nitrogens with zero attached hydrogens (tertiary/aromatic N) is 1. The van der Waals surface area contributed by atoms with Gasteiger partial charge in [0.1, 0.15) is 17.2 Å². The van der Waals surface area contributed by atoms with Gasteiger partial charge < -0.3 is 20.1 Å². The van der Waals surface area contributed by atoms with Crippen molar-refractivity contribution < 1.29 is 29.0 Å². The van der Waals surface area contributed by atoms with Crippen molar-refractivity contribution in [3.05, 3.63) is 28.7 Å². The number of carboxylic acid groups (broad SMARTS) is 1. The van der Waals surface area contributed by atoms with E-state index in [-0.39, 0.29) is 0 Å². The van der Waals surface area contributed by atoms with E-state index in [1.165, 1.54) is 23.6 Å². The lowest BCUT2D eigenvalue weighted by Crippen LogP contribution is -2.82. The summed E-state index contributed by atoms with van der Waals surface area (Å²) in [7, 11) is 0. The Morgan fingerprint density at radius 2 is 2.03 bits per heavy atom. The van der Waals surface area contributed by atoms with Gasteiger partial charge in [-0.2, -0.15) is 0 Å². The van der Waals surface area contributed by atoms with E-state index in [0.717, 1.165) is 4.47 Å². The van der Waals surface area contributed by atoms with Crippen LogP contribution in [0.4, 0.5) is 0 Å². The summed E-state index contributed by atoms with van der Waals surface area (Å²) < 4.78 is 5.74. The Morgan fingerprint density at radius 1 is 1.37 bits per heavy atom. The van der Waals surface area contributed by atoms with Crippen molar-refractivity contribution in [1.29, 1.82) is 0 Å². The Bertz CT molecular complexity index is 922. The summed E-state index contributed by atoms with van der Waals surface area (Å²) in [6.45, 7) is 6.40. The number of hydrogen-bond donors (Lipinski definition) is 2. The highest BCUT2D eigenvalue weighted by atomic mass is 79.9. The van der Waals surface area contributed by atoms with Gasteiger partial charge in [0.05, 0.1) is 0 Å². The third-order valence-electron chi connectivity index (χ3n) is 5.39. The first-order valence-corrected chi connectivity index (χ1v) is 11.1. The molecule has 0 spiro atoms. The maximum Gasteiger partial charge on any atom is 0.327 e. The zero-order valence-electron chi connectivity index (χ0n) is 17.0. The van der Waals surface area contributed by atoms with Crippen LogP contribution in [0.2, 0.25) is 0 Å². The molecule has 162 valence electrons. The molecule has 8 nitrogen and oxygen atoms in total. The van der Waals surface area contributed by atoms with E-state index < -0.39 is 51.4 Å². The van der Waals surface area contributed by atoms with Crippen molar-refractivity contribution in [3.8, 4) is 5.75 Å². The van der Waals surface area contributed by atoms with Gasteiger partial charge in [-0.3, -0.25) is 14.4 Å². The average molecular weight is 499 g/mol. The number of hydrogen-bond acceptors (Lipinski definition) is 6. The van der Waals surface area contributed by atoms with Gasteiger partial charge in [-0.1, -0.05) is 28.9 Å². The number of ketones is 1. The number of benzene rings is 1. The number of fused-ring (bicyclic) bond motifs is 1. The van der Waals surface area contributed by atoms with Crippen molar-refractivity contribution in [2.24, 2.45) is 0 Å². The van der Waals surface area contributed by atoms with E-state index in [1.807, 2.05) is 6.07 Å². The minimum Gasteiger partial charge on any atom is -0.481 e. The number of Topliss-reactive ketones (excluding diaryl/α,β-unsaturated/α-hetero) is 1. The molecule has 30 heavy (non-hydrogen) atoms. The van der Waals surface area contributed by atoms with E-state index >= 15 is 0 Å². The van der Waals surface area contributed by atoms with E-state index in [0.29, 0.717) is 12.2 Å². The molecular formula is C20H23BrN2O6S. The number of carboxylic acids is 1. The normalized spacial score (nSPS) is 27.6. The van der Waals surface area contributed by atoms with Crippen molar-refractivity contribution in [1.82, 2.24) is 10.2 Å². The first-order valence-electron chi connectivity index (χ1n) is 9.44. The van der Waals surface area contributed by atoms with Gasteiger partial charge in [-0.25, -0.2) is 4.79 Å². The topological polar surface area (TPSA) is 113 Å². The molecule has 2 aliphatic rings. The first-order chi connectivity index (χ1) is 14.0. The highest BCUT2D eigenvalue weighted by Crippen LogP contribution is 2.55. The van der Waals surface area contributed by atoms with Crippen molar-refractivity contribution >= 4 is 51.3 Å². The van der Waals surface area contributed by atoms with Crippen LogP contribution in [0, 0.1) is 0 Å². The second kappa shape index (κ2) is 7.88. The number of carbonyl (C=O) groups excluding carboxylic acids is 3. The maximum atomic E-state index is 13.0. The van der Waals surface area contributed by atoms with Gasteiger partial charge >= 0.3 is 5.97 Å². The lowest BCUT2D eigenvalue weighted by Gasteiger charge is -2.51. The number of thioether (sulfide) groups is 1. The molecule has 2 saturated heterocycles. The van der Waals surface area contributed by atoms with E-state index in [4.69, 9.17) is 4.74 Å². The van der Waals surface area contributed by atoms with Crippen LogP contribution in [0.1, 0.15) is 34.1 Å². The number of aliphatic carboxylic acids is 1. The molecule has 10 heteroatoms. The van der Waals surface area contributed by atoms with Crippen LogP contribution in [0.3, 0.4) is 0 Å². The number of carbonyl (C=O) groups is 4. The van der Waals surface area contributed by atoms with Crippen LogP contribution < -0.4 is 10.1 Å². The third-order valence-corrected chi connectivity index (χ3v) is 7.52. The van der Waals surface area contributed by atoms with E-state index in [2.05, 4.69) is 21.2 Å². The quantitative estimate of drug-likeness (QED) is 0.437. The number of amides is 2. The Morgan fingerprint density at radius 3 is 2.57 bits per heavy atom. The van der Waals surface area contributed by atoms with E-state index in [1.54, 1.807) is 39.0 Å². The van der Waals surface area contributed by atoms with Crippen LogP contribution in [0.5, 0.6) is 5.75 Å². The van der Waals surface area contributed by atoms with Gasteiger partial charge in [-0.15, -0.1) is 11.8 Å². The Kier molecular flexibility index (Phi) is 5.94. The smallest absolute Gasteiger partial charge is 0.327 e. The summed E-state index contributed by atoms with van der Waals surface area (Å²) in [6.07, 6.45) is -0.613. The molecule has 2 heterocycles. The molecule has 0 radical (unpaired) electrons. The van der Waals surface area contributed by atoms with Crippen LogP contribution in [-0.2, 0) is 19.2 Å². The third kappa shape index (κ3) is 3.49. The minimum atomic E-state index is -1.79. The molecule has 3 rings (SSSR count). The van der Waals surface area contributed by atoms with Crippen molar-refractivity contribution in [3.63, 3.8) is 0 Å². The van der Waals surface area contributed by atoms with Crippen LogP contribution in [-0.4, -0.2) is 61.4 Å².